The highest BCUT2D eigenvalue weighted by atomic mass is 35.5. The van der Waals surface area contributed by atoms with Gasteiger partial charge in [-0.25, -0.2) is 4.39 Å². The minimum atomic E-state index is -4.05. The lowest BCUT2D eigenvalue weighted by Gasteiger charge is -2.06. The van der Waals surface area contributed by atoms with E-state index in [0.29, 0.717) is 4.09 Å². The number of anilines is 1. The molecule has 134 valence electrons. The Balaban J connectivity index is 1.92. The molecule has 0 spiro atoms. The highest BCUT2D eigenvalue weighted by Gasteiger charge is 2.24. The molecule has 1 N–H and O–H groups in total. The minimum absolute atomic E-state index is 0.0132. The van der Waals surface area contributed by atoms with Crippen molar-refractivity contribution in [2.24, 2.45) is 0 Å². The van der Waals surface area contributed by atoms with E-state index in [1.165, 1.54) is 18.2 Å². The number of carbonyl (C=O) groups is 1. The first-order valence-electron chi connectivity index (χ1n) is 7.11. The van der Waals surface area contributed by atoms with Crippen LogP contribution in [0, 0.1) is 5.82 Å². The Kier molecular flexibility index (Phi) is 4.99. The van der Waals surface area contributed by atoms with Crippen LogP contribution in [0.5, 0.6) is 0 Å². The Labute approximate surface area is 158 Å². The van der Waals surface area contributed by atoms with Crippen molar-refractivity contribution in [2.75, 3.05) is 5.32 Å². The van der Waals surface area contributed by atoms with Gasteiger partial charge in [0.2, 0.25) is 0 Å². The van der Waals surface area contributed by atoms with Crippen LogP contribution in [-0.2, 0) is 10.0 Å². The van der Waals surface area contributed by atoms with E-state index < -0.39 is 21.7 Å². The average molecular weight is 414 g/mol. The predicted octanol–water partition coefficient (Wildman–Crippen LogP) is 3.82. The van der Waals surface area contributed by atoms with Crippen molar-refractivity contribution in [1.82, 2.24) is 9.19 Å². The van der Waals surface area contributed by atoms with Crippen molar-refractivity contribution in [3.63, 3.8) is 0 Å². The van der Waals surface area contributed by atoms with Crippen molar-refractivity contribution in [2.45, 2.75) is 4.90 Å². The Hall–Kier alpha value is -2.42. The molecule has 2 aromatic carbocycles. The monoisotopic (exact) mass is 413 g/mol. The van der Waals surface area contributed by atoms with Gasteiger partial charge in [0.25, 0.3) is 15.9 Å². The molecular weight excluding hydrogens is 404 g/mol. The second-order valence-corrected chi connectivity index (χ2v) is 7.65. The summed E-state index contributed by atoms with van der Waals surface area (Å²) in [4.78, 5) is 12.3. The zero-order chi connectivity index (χ0) is 18.9. The normalized spacial score (nSPS) is 11.3. The molecule has 0 fully saturated rings. The van der Waals surface area contributed by atoms with Crippen molar-refractivity contribution >= 4 is 44.8 Å². The number of hydrogen-bond acceptors (Lipinski definition) is 4. The molecule has 0 atom stereocenters. The van der Waals surface area contributed by atoms with Crippen LogP contribution in [0.25, 0.3) is 0 Å². The van der Waals surface area contributed by atoms with Gasteiger partial charge in [-0.2, -0.15) is 13.5 Å². The standard InChI is InChI=1S/C16H10Cl2FN3O3S/c17-12-8-10(19)6-7-13(12)20-16(23)14-9-15(18)22(21-14)26(24,25)11-4-2-1-3-5-11/h1-9H,(H,20,23). The highest BCUT2D eigenvalue weighted by molar-refractivity contribution is 7.90. The summed E-state index contributed by atoms with van der Waals surface area (Å²) in [6.07, 6.45) is 0. The third kappa shape index (κ3) is 3.57. The van der Waals surface area contributed by atoms with Gasteiger partial charge in [-0.1, -0.05) is 41.4 Å². The lowest BCUT2D eigenvalue weighted by atomic mass is 10.3. The Morgan fingerprint density at radius 2 is 1.77 bits per heavy atom. The highest BCUT2D eigenvalue weighted by Crippen LogP contribution is 2.24. The van der Waals surface area contributed by atoms with E-state index in [9.17, 15) is 17.6 Å². The third-order valence-electron chi connectivity index (χ3n) is 3.32. The summed E-state index contributed by atoms with van der Waals surface area (Å²) in [7, 11) is -4.05. The maximum absolute atomic E-state index is 13.1. The molecule has 3 aromatic rings. The van der Waals surface area contributed by atoms with E-state index in [-0.39, 0.29) is 26.5 Å². The molecule has 0 saturated heterocycles. The van der Waals surface area contributed by atoms with Gasteiger partial charge in [-0.3, -0.25) is 4.79 Å². The van der Waals surface area contributed by atoms with Crippen molar-refractivity contribution < 1.29 is 17.6 Å². The van der Waals surface area contributed by atoms with E-state index in [1.807, 2.05) is 0 Å². The lowest BCUT2D eigenvalue weighted by Crippen LogP contribution is -2.17. The summed E-state index contributed by atoms with van der Waals surface area (Å²) < 4.78 is 38.7. The molecule has 1 heterocycles. The maximum atomic E-state index is 13.1. The van der Waals surface area contributed by atoms with Gasteiger partial charge in [0, 0.05) is 6.07 Å². The Morgan fingerprint density at radius 1 is 1.08 bits per heavy atom. The molecule has 0 aliphatic carbocycles. The van der Waals surface area contributed by atoms with Crippen LogP contribution in [0.15, 0.2) is 59.5 Å². The van der Waals surface area contributed by atoms with Gasteiger partial charge in [-0.15, -0.1) is 4.09 Å². The molecule has 0 aliphatic rings. The maximum Gasteiger partial charge on any atom is 0.284 e. The van der Waals surface area contributed by atoms with E-state index in [2.05, 4.69) is 10.4 Å². The largest absolute Gasteiger partial charge is 0.319 e. The Morgan fingerprint density at radius 3 is 2.42 bits per heavy atom. The number of carbonyl (C=O) groups excluding carboxylic acids is 1. The second-order valence-electron chi connectivity index (χ2n) is 5.09. The van der Waals surface area contributed by atoms with Gasteiger partial charge >= 0.3 is 0 Å². The number of nitrogens with one attached hydrogen (secondary N) is 1. The van der Waals surface area contributed by atoms with Crippen molar-refractivity contribution in [3.8, 4) is 0 Å². The number of nitrogens with zero attached hydrogens (tertiary/aromatic N) is 2. The zero-order valence-corrected chi connectivity index (χ0v) is 15.2. The molecule has 0 saturated carbocycles. The van der Waals surface area contributed by atoms with Crippen LogP contribution < -0.4 is 5.32 Å². The molecule has 26 heavy (non-hydrogen) atoms. The lowest BCUT2D eigenvalue weighted by molar-refractivity contribution is 0.102. The summed E-state index contributed by atoms with van der Waals surface area (Å²) in [6.45, 7) is 0. The molecule has 0 aliphatic heterocycles. The average Bonchev–Trinajstić information content (AvgIpc) is 3.01. The van der Waals surface area contributed by atoms with Gasteiger partial charge in [0.1, 0.15) is 11.0 Å². The quantitative estimate of drug-likeness (QED) is 0.704. The van der Waals surface area contributed by atoms with Crippen molar-refractivity contribution in [3.05, 3.63) is 76.3 Å². The summed E-state index contributed by atoms with van der Waals surface area (Å²) in [5.41, 5.74) is -0.0930. The van der Waals surface area contributed by atoms with E-state index in [1.54, 1.807) is 18.2 Å². The molecule has 6 nitrogen and oxygen atoms in total. The Bertz CT molecular complexity index is 1090. The predicted molar refractivity (Wildman–Crippen MR) is 95.6 cm³/mol. The number of rotatable bonds is 4. The molecule has 3 rings (SSSR count). The molecule has 0 bridgehead atoms. The molecular formula is C16H10Cl2FN3O3S. The SMILES string of the molecule is O=C(Nc1ccc(F)cc1Cl)c1cc(Cl)n(S(=O)(=O)c2ccccc2)n1. The summed E-state index contributed by atoms with van der Waals surface area (Å²) in [5.74, 6) is -1.31. The molecule has 0 radical (unpaired) electrons. The van der Waals surface area contributed by atoms with Crippen LogP contribution in [0.3, 0.4) is 0 Å². The smallest absolute Gasteiger partial charge is 0.284 e. The molecule has 1 amide bonds. The van der Waals surface area contributed by atoms with Crippen LogP contribution >= 0.6 is 23.2 Å². The first-order valence-corrected chi connectivity index (χ1v) is 9.31. The van der Waals surface area contributed by atoms with E-state index in [0.717, 1.165) is 18.2 Å². The van der Waals surface area contributed by atoms with Gasteiger partial charge in [0.15, 0.2) is 5.69 Å². The number of benzene rings is 2. The summed E-state index contributed by atoms with van der Waals surface area (Å²) in [6, 6.07) is 12.0. The van der Waals surface area contributed by atoms with Crippen LogP contribution in [0.4, 0.5) is 10.1 Å². The van der Waals surface area contributed by atoms with Crippen LogP contribution in [0.1, 0.15) is 10.5 Å². The fourth-order valence-electron chi connectivity index (χ4n) is 2.09. The van der Waals surface area contributed by atoms with Crippen LogP contribution in [-0.4, -0.2) is 23.5 Å². The molecule has 0 unspecified atom stereocenters. The summed E-state index contributed by atoms with van der Waals surface area (Å²) >= 11 is 11.8. The number of aromatic nitrogens is 2. The fraction of sp³-hybridized carbons (Fsp3) is 0. The number of amides is 1. The fourth-order valence-corrected chi connectivity index (χ4v) is 3.90. The minimum Gasteiger partial charge on any atom is -0.319 e. The van der Waals surface area contributed by atoms with E-state index in [4.69, 9.17) is 23.2 Å². The van der Waals surface area contributed by atoms with Crippen molar-refractivity contribution in [1.29, 1.82) is 0 Å². The molecule has 10 heteroatoms. The zero-order valence-electron chi connectivity index (χ0n) is 12.9. The van der Waals surface area contributed by atoms with E-state index >= 15 is 0 Å². The first-order chi connectivity index (χ1) is 12.3. The third-order valence-corrected chi connectivity index (χ3v) is 5.60. The van der Waals surface area contributed by atoms with Crippen LogP contribution in [0.2, 0.25) is 10.2 Å². The topological polar surface area (TPSA) is 81.1 Å². The summed E-state index contributed by atoms with van der Waals surface area (Å²) in [5, 5.41) is 5.91. The number of hydrogen-bond donors (Lipinski definition) is 1. The second kappa shape index (κ2) is 7.06. The van der Waals surface area contributed by atoms with Gasteiger partial charge in [0.05, 0.1) is 15.6 Å². The van der Waals surface area contributed by atoms with Gasteiger partial charge in [-0.05, 0) is 30.3 Å². The first kappa shape index (κ1) is 18.4. The van der Waals surface area contributed by atoms with Gasteiger partial charge < -0.3 is 5.32 Å². The number of halogens is 3. The molecule has 1 aromatic heterocycles.